The molecule has 2 aliphatic rings. The highest BCUT2D eigenvalue weighted by Crippen LogP contribution is 2.37. The molecule has 0 bridgehead atoms. The van der Waals surface area contributed by atoms with Gasteiger partial charge in [0, 0.05) is 5.56 Å². The molecule has 0 spiro atoms. The minimum atomic E-state index is -0.658. The van der Waals surface area contributed by atoms with E-state index in [1.165, 1.54) is 40.9 Å². The van der Waals surface area contributed by atoms with Gasteiger partial charge in [0.25, 0.3) is 5.91 Å². The number of para-hydroxylation sites is 1. The molecule has 7 heteroatoms. The van der Waals surface area contributed by atoms with Crippen molar-refractivity contribution >= 4 is 29.4 Å². The number of imide groups is 1. The molecule has 2 aliphatic heterocycles. The van der Waals surface area contributed by atoms with Crippen LogP contribution in [-0.4, -0.2) is 28.1 Å². The smallest absolute Gasteiger partial charge is 0.311 e. The standard InChI is InChI=1S/C19H14F2N2O2S/c20-13-6-2-1-5-12(13)11-22-16-9-10-26-17(16)18(24)23(19(22)25)15-8-4-3-7-14(15)21/h1-10,16-17H,11H2. The number of nitrogens with zero attached hydrogens (tertiary/aromatic N) is 2. The molecule has 3 amide bonds. The quantitative estimate of drug-likeness (QED) is 0.820. The van der Waals surface area contributed by atoms with Crippen molar-refractivity contribution in [3.05, 3.63) is 77.2 Å². The number of carbonyl (C=O) groups excluding carboxylic acids is 2. The third-order valence-electron chi connectivity index (χ3n) is 4.46. The number of halogens is 2. The van der Waals surface area contributed by atoms with Crippen molar-refractivity contribution in [2.45, 2.75) is 17.8 Å². The molecule has 4 rings (SSSR count). The summed E-state index contributed by atoms with van der Waals surface area (Å²) in [7, 11) is 0. The Hall–Kier alpha value is -2.67. The van der Waals surface area contributed by atoms with Crippen LogP contribution in [0.1, 0.15) is 5.56 Å². The number of benzene rings is 2. The monoisotopic (exact) mass is 372 g/mol. The number of hydrogen-bond donors (Lipinski definition) is 0. The summed E-state index contributed by atoms with van der Waals surface area (Å²) >= 11 is 1.28. The van der Waals surface area contributed by atoms with Gasteiger partial charge in [-0.05, 0) is 23.6 Å². The molecule has 2 heterocycles. The van der Waals surface area contributed by atoms with Crippen LogP contribution in [0.4, 0.5) is 19.3 Å². The minimum absolute atomic E-state index is 0.00416. The van der Waals surface area contributed by atoms with Crippen molar-refractivity contribution < 1.29 is 18.4 Å². The number of hydrogen-bond acceptors (Lipinski definition) is 3. The highest BCUT2D eigenvalue weighted by atomic mass is 32.2. The molecular formula is C19H14F2N2O2S. The van der Waals surface area contributed by atoms with E-state index in [0.717, 1.165) is 4.90 Å². The van der Waals surface area contributed by atoms with Gasteiger partial charge < -0.3 is 4.90 Å². The second-order valence-corrected chi connectivity index (χ2v) is 7.05. The Balaban J connectivity index is 1.74. The van der Waals surface area contributed by atoms with Crippen LogP contribution >= 0.6 is 11.8 Å². The summed E-state index contributed by atoms with van der Waals surface area (Å²) in [6.45, 7) is -0.00416. The predicted octanol–water partition coefficient (Wildman–Crippen LogP) is 3.93. The maximum Gasteiger partial charge on any atom is 0.332 e. The molecule has 0 aromatic heterocycles. The van der Waals surface area contributed by atoms with Gasteiger partial charge in [0.05, 0.1) is 18.3 Å². The molecule has 1 saturated heterocycles. The van der Waals surface area contributed by atoms with E-state index in [4.69, 9.17) is 0 Å². The molecule has 4 nitrogen and oxygen atoms in total. The molecule has 0 aliphatic carbocycles. The summed E-state index contributed by atoms with van der Waals surface area (Å²) in [5, 5.41) is 1.18. The van der Waals surface area contributed by atoms with Gasteiger partial charge >= 0.3 is 6.03 Å². The molecule has 2 aromatic carbocycles. The number of amides is 3. The van der Waals surface area contributed by atoms with Crippen LogP contribution in [0.5, 0.6) is 0 Å². The van der Waals surface area contributed by atoms with Crippen LogP contribution < -0.4 is 4.90 Å². The van der Waals surface area contributed by atoms with Crippen LogP contribution in [0.2, 0.25) is 0 Å². The van der Waals surface area contributed by atoms with Gasteiger partial charge in [-0.2, -0.15) is 0 Å². The first kappa shape index (κ1) is 16.8. The molecule has 0 radical (unpaired) electrons. The second kappa shape index (κ2) is 6.57. The van der Waals surface area contributed by atoms with Crippen molar-refractivity contribution in [2.24, 2.45) is 0 Å². The SMILES string of the molecule is O=C1C2SC=CC2N(Cc2ccccc2F)C(=O)N1c1ccccc1F. The molecule has 0 saturated carbocycles. The van der Waals surface area contributed by atoms with E-state index in [1.54, 1.807) is 35.7 Å². The Bertz CT molecular complexity index is 918. The van der Waals surface area contributed by atoms with E-state index >= 15 is 0 Å². The summed E-state index contributed by atoms with van der Waals surface area (Å²) in [5.74, 6) is -1.56. The maximum atomic E-state index is 14.2. The Morgan fingerprint density at radius 1 is 0.962 bits per heavy atom. The highest BCUT2D eigenvalue weighted by molar-refractivity contribution is 8.03. The molecule has 2 unspecified atom stereocenters. The molecule has 26 heavy (non-hydrogen) atoms. The van der Waals surface area contributed by atoms with Gasteiger partial charge in [-0.25, -0.2) is 18.5 Å². The number of fused-ring (bicyclic) bond motifs is 1. The van der Waals surface area contributed by atoms with Crippen molar-refractivity contribution in [3.63, 3.8) is 0 Å². The molecular weight excluding hydrogens is 358 g/mol. The van der Waals surface area contributed by atoms with Crippen LogP contribution in [-0.2, 0) is 11.3 Å². The molecule has 2 atom stereocenters. The lowest BCUT2D eigenvalue weighted by Crippen LogP contribution is -2.62. The fraction of sp³-hybridized carbons (Fsp3) is 0.158. The van der Waals surface area contributed by atoms with Gasteiger partial charge in [0.1, 0.15) is 16.9 Å². The first-order valence-corrected chi connectivity index (χ1v) is 8.97. The lowest BCUT2D eigenvalue weighted by molar-refractivity contribution is -0.119. The summed E-state index contributed by atoms with van der Waals surface area (Å²) in [6, 6.07) is 10.7. The molecule has 0 N–H and O–H groups in total. The number of thioether (sulfide) groups is 1. The third-order valence-corrected chi connectivity index (χ3v) is 5.55. The van der Waals surface area contributed by atoms with Crippen LogP contribution in [0.25, 0.3) is 0 Å². The van der Waals surface area contributed by atoms with Gasteiger partial charge in [-0.1, -0.05) is 36.4 Å². The van der Waals surface area contributed by atoms with E-state index < -0.39 is 34.9 Å². The average Bonchev–Trinajstić information content (AvgIpc) is 3.12. The first-order chi connectivity index (χ1) is 12.6. The summed E-state index contributed by atoms with van der Waals surface area (Å²) in [6.07, 6.45) is 1.75. The van der Waals surface area contributed by atoms with E-state index in [-0.39, 0.29) is 12.2 Å². The van der Waals surface area contributed by atoms with Gasteiger partial charge in [-0.3, -0.25) is 4.79 Å². The Labute approximate surface area is 153 Å². The van der Waals surface area contributed by atoms with E-state index in [1.807, 2.05) is 0 Å². The molecule has 132 valence electrons. The Morgan fingerprint density at radius 2 is 1.65 bits per heavy atom. The van der Waals surface area contributed by atoms with Gasteiger partial charge in [0.2, 0.25) is 0 Å². The summed E-state index contributed by atoms with van der Waals surface area (Å²) < 4.78 is 28.3. The lowest BCUT2D eigenvalue weighted by Gasteiger charge is -2.41. The van der Waals surface area contributed by atoms with E-state index in [0.29, 0.717) is 5.56 Å². The third kappa shape index (κ3) is 2.68. The molecule has 2 aromatic rings. The van der Waals surface area contributed by atoms with E-state index in [2.05, 4.69) is 0 Å². The zero-order valence-corrected chi connectivity index (χ0v) is 14.3. The van der Waals surface area contributed by atoms with Crippen molar-refractivity contribution in [1.29, 1.82) is 0 Å². The topological polar surface area (TPSA) is 40.6 Å². The lowest BCUT2D eigenvalue weighted by atomic mass is 10.1. The predicted molar refractivity (Wildman–Crippen MR) is 95.5 cm³/mol. The number of urea groups is 1. The number of carbonyl (C=O) groups is 2. The van der Waals surface area contributed by atoms with Crippen LogP contribution in [0.3, 0.4) is 0 Å². The van der Waals surface area contributed by atoms with E-state index in [9.17, 15) is 18.4 Å². The fourth-order valence-electron chi connectivity index (χ4n) is 3.18. The Kier molecular flexibility index (Phi) is 4.24. The van der Waals surface area contributed by atoms with Crippen LogP contribution in [0.15, 0.2) is 60.0 Å². The van der Waals surface area contributed by atoms with Crippen LogP contribution in [0, 0.1) is 11.6 Å². The first-order valence-electron chi connectivity index (χ1n) is 8.02. The summed E-state index contributed by atoms with van der Waals surface area (Å²) in [4.78, 5) is 28.1. The average molecular weight is 372 g/mol. The second-order valence-electron chi connectivity index (χ2n) is 6.00. The van der Waals surface area contributed by atoms with Gasteiger partial charge in [0.15, 0.2) is 0 Å². The highest BCUT2D eigenvalue weighted by Gasteiger charge is 2.48. The molecule has 1 fully saturated rings. The number of anilines is 1. The normalized spacial score (nSPS) is 22.1. The van der Waals surface area contributed by atoms with Gasteiger partial charge in [-0.15, -0.1) is 11.8 Å². The zero-order valence-electron chi connectivity index (χ0n) is 13.5. The maximum absolute atomic E-state index is 14.2. The van der Waals surface area contributed by atoms with Crippen molar-refractivity contribution in [3.8, 4) is 0 Å². The minimum Gasteiger partial charge on any atom is -0.311 e. The van der Waals surface area contributed by atoms with Crippen molar-refractivity contribution in [1.82, 2.24) is 4.90 Å². The zero-order chi connectivity index (χ0) is 18.3. The Morgan fingerprint density at radius 3 is 2.38 bits per heavy atom. The number of rotatable bonds is 3. The summed E-state index contributed by atoms with van der Waals surface area (Å²) in [5.41, 5.74) is 0.250. The fourth-order valence-corrected chi connectivity index (χ4v) is 4.22. The largest absolute Gasteiger partial charge is 0.332 e. The van der Waals surface area contributed by atoms with Crippen molar-refractivity contribution in [2.75, 3.05) is 4.90 Å².